The Morgan fingerprint density at radius 1 is 1.27 bits per heavy atom. The van der Waals surface area contributed by atoms with E-state index >= 15 is 0 Å². The Hall–Kier alpha value is -2.26. The summed E-state index contributed by atoms with van der Waals surface area (Å²) in [6, 6.07) is 8.77. The first-order chi connectivity index (χ1) is 12.4. The summed E-state index contributed by atoms with van der Waals surface area (Å²) in [4.78, 5) is 23.6. The van der Waals surface area contributed by atoms with Crippen LogP contribution in [0.2, 0.25) is 0 Å². The molecule has 26 heavy (non-hydrogen) atoms. The van der Waals surface area contributed by atoms with Gasteiger partial charge < -0.3 is 10.1 Å². The molecule has 0 radical (unpaired) electrons. The van der Waals surface area contributed by atoms with Crippen LogP contribution in [-0.4, -0.2) is 31.7 Å². The normalized spacial score (nSPS) is 10.6. The first-order valence-corrected chi connectivity index (χ1v) is 8.88. The Balaban J connectivity index is 1.91. The molecule has 2 aromatic carbocycles. The number of rotatable bonds is 6. The topological polar surface area (TPSA) is 79.8 Å². The fourth-order valence-corrected chi connectivity index (χ4v) is 3.42. The van der Waals surface area contributed by atoms with E-state index < -0.39 is 17.6 Å². The van der Waals surface area contributed by atoms with Crippen molar-refractivity contribution < 1.29 is 18.7 Å². The van der Waals surface area contributed by atoms with Crippen molar-refractivity contribution >= 4 is 49.9 Å². The molecule has 6 nitrogen and oxygen atoms in total. The maximum Gasteiger partial charge on any atom is 0.259 e. The fourth-order valence-electron chi connectivity index (χ4n) is 2.00. The van der Waals surface area contributed by atoms with E-state index in [4.69, 9.17) is 4.74 Å². The molecular formula is C17H14Br2FN3O3. The second-order valence-corrected chi connectivity index (χ2v) is 6.77. The molecule has 2 amide bonds. The van der Waals surface area contributed by atoms with Crippen molar-refractivity contribution in [1.82, 2.24) is 10.7 Å². The number of hydrogen-bond donors (Lipinski definition) is 2. The molecule has 0 spiro atoms. The number of benzene rings is 2. The number of amides is 2. The zero-order chi connectivity index (χ0) is 19.1. The Kier molecular flexibility index (Phi) is 7.28. The number of hydrogen-bond acceptors (Lipinski definition) is 4. The first-order valence-electron chi connectivity index (χ1n) is 7.29. The van der Waals surface area contributed by atoms with E-state index in [-0.39, 0.29) is 12.1 Å². The monoisotopic (exact) mass is 485 g/mol. The van der Waals surface area contributed by atoms with Gasteiger partial charge in [0.1, 0.15) is 11.6 Å². The minimum atomic E-state index is -0.554. The number of carbonyl (C=O) groups is 2. The van der Waals surface area contributed by atoms with Crippen molar-refractivity contribution in [3.63, 3.8) is 0 Å². The van der Waals surface area contributed by atoms with Crippen LogP contribution >= 0.6 is 31.9 Å². The summed E-state index contributed by atoms with van der Waals surface area (Å²) in [7, 11) is 1.52. The van der Waals surface area contributed by atoms with Crippen molar-refractivity contribution in [2.45, 2.75) is 0 Å². The minimum absolute atomic E-state index is 0.130. The molecule has 2 aromatic rings. The van der Waals surface area contributed by atoms with Crippen LogP contribution < -0.4 is 15.5 Å². The zero-order valence-corrected chi connectivity index (χ0v) is 16.7. The van der Waals surface area contributed by atoms with E-state index in [1.165, 1.54) is 31.5 Å². The van der Waals surface area contributed by atoms with Gasteiger partial charge in [-0.25, -0.2) is 9.82 Å². The van der Waals surface area contributed by atoms with Gasteiger partial charge in [0.25, 0.3) is 11.8 Å². The van der Waals surface area contributed by atoms with E-state index in [0.717, 1.165) is 15.0 Å². The second kappa shape index (κ2) is 9.44. The Morgan fingerprint density at radius 3 is 2.73 bits per heavy atom. The largest absolute Gasteiger partial charge is 0.495 e. The maximum atomic E-state index is 13.1. The molecule has 0 fully saturated rings. The molecule has 0 aromatic heterocycles. The van der Waals surface area contributed by atoms with E-state index in [1.54, 1.807) is 6.07 Å². The molecule has 136 valence electrons. The number of nitrogens with zero attached hydrogens (tertiary/aromatic N) is 1. The van der Waals surface area contributed by atoms with Gasteiger partial charge in [-0.2, -0.15) is 5.10 Å². The zero-order valence-electron chi connectivity index (χ0n) is 13.6. The summed E-state index contributed by atoms with van der Waals surface area (Å²) in [6.45, 7) is -0.300. The highest BCUT2D eigenvalue weighted by Crippen LogP contribution is 2.31. The van der Waals surface area contributed by atoms with Crippen molar-refractivity contribution in [1.29, 1.82) is 0 Å². The van der Waals surface area contributed by atoms with Crippen LogP contribution in [0.4, 0.5) is 4.39 Å². The van der Waals surface area contributed by atoms with Crippen LogP contribution in [-0.2, 0) is 4.79 Å². The molecule has 0 saturated heterocycles. The third kappa shape index (κ3) is 5.63. The average Bonchev–Trinajstić information content (AvgIpc) is 2.59. The number of ether oxygens (including phenoxy) is 1. The third-order valence-corrected chi connectivity index (χ3v) is 4.18. The number of methoxy groups -OCH3 is 1. The molecule has 9 heteroatoms. The summed E-state index contributed by atoms with van der Waals surface area (Å²) in [5.74, 6) is -1.05. The van der Waals surface area contributed by atoms with Gasteiger partial charge in [0, 0.05) is 15.6 Å². The van der Waals surface area contributed by atoms with Crippen molar-refractivity contribution in [3.8, 4) is 5.75 Å². The van der Waals surface area contributed by atoms with Gasteiger partial charge in [-0.3, -0.25) is 9.59 Å². The molecular weight excluding hydrogens is 473 g/mol. The van der Waals surface area contributed by atoms with Gasteiger partial charge in [0.05, 0.1) is 24.3 Å². The summed E-state index contributed by atoms with van der Waals surface area (Å²) >= 11 is 6.73. The Bertz CT molecular complexity index is 859. The summed E-state index contributed by atoms with van der Waals surface area (Å²) < 4.78 is 19.9. The third-order valence-electron chi connectivity index (χ3n) is 3.13. The lowest BCUT2D eigenvalue weighted by Gasteiger charge is -2.08. The molecule has 2 N–H and O–H groups in total. The van der Waals surface area contributed by atoms with Gasteiger partial charge in [-0.15, -0.1) is 0 Å². The molecule has 0 unspecified atom stereocenters. The van der Waals surface area contributed by atoms with Gasteiger partial charge in [-0.1, -0.05) is 22.0 Å². The fraction of sp³-hybridized carbons (Fsp3) is 0.118. The van der Waals surface area contributed by atoms with Crippen LogP contribution in [0, 0.1) is 5.82 Å². The number of hydrazone groups is 1. The molecule has 0 aliphatic rings. The average molecular weight is 487 g/mol. The van der Waals surface area contributed by atoms with Crippen molar-refractivity contribution in [3.05, 3.63) is 62.3 Å². The first kappa shape index (κ1) is 20.1. The van der Waals surface area contributed by atoms with Gasteiger partial charge >= 0.3 is 0 Å². The number of halogens is 3. The van der Waals surface area contributed by atoms with Crippen molar-refractivity contribution in [2.75, 3.05) is 13.7 Å². The van der Waals surface area contributed by atoms with Crippen LogP contribution in [0.25, 0.3) is 0 Å². The van der Waals surface area contributed by atoms with Gasteiger partial charge in [0.15, 0.2) is 0 Å². The standard InChI is InChI=1S/C17H14Br2FN3O3/c1-26-16-11(5-12(18)7-14(16)19)8-22-23-15(24)9-21-17(25)10-3-2-4-13(20)6-10/h2-8H,9H2,1H3,(H,21,25)(H,23,24)/b22-8-. The summed E-state index contributed by atoms with van der Waals surface area (Å²) in [6.07, 6.45) is 1.42. The Labute approximate surface area is 166 Å². The molecule has 0 aliphatic carbocycles. The number of nitrogens with one attached hydrogen (secondary N) is 2. The highest BCUT2D eigenvalue weighted by Gasteiger charge is 2.09. The van der Waals surface area contributed by atoms with Crippen LogP contribution in [0.1, 0.15) is 15.9 Å². The quantitative estimate of drug-likeness (QED) is 0.486. The van der Waals surface area contributed by atoms with E-state index in [0.29, 0.717) is 11.3 Å². The highest BCUT2D eigenvalue weighted by molar-refractivity contribution is 9.11. The molecule has 0 aliphatic heterocycles. The van der Waals surface area contributed by atoms with Gasteiger partial charge in [-0.05, 0) is 46.3 Å². The van der Waals surface area contributed by atoms with E-state index in [2.05, 4.69) is 47.7 Å². The van der Waals surface area contributed by atoms with Crippen LogP contribution in [0.15, 0.2) is 50.4 Å². The van der Waals surface area contributed by atoms with E-state index in [9.17, 15) is 14.0 Å². The van der Waals surface area contributed by atoms with Gasteiger partial charge in [0.2, 0.25) is 0 Å². The van der Waals surface area contributed by atoms with Crippen LogP contribution in [0.5, 0.6) is 5.75 Å². The Morgan fingerprint density at radius 2 is 2.04 bits per heavy atom. The lowest BCUT2D eigenvalue weighted by Crippen LogP contribution is -2.34. The predicted molar refractivity (Wildman–Crippen MR) is 103 cm³/mol. The second-order valence-electron chi connectivity index (χ2n) is 5.00. The molecule has 2 rings (SSSR count). The SMILES string of the molecule is COc1c(Br)cc(Br)cc1/C=N\NC(=O)CNC(=O)c1cccc(F)c1. The minimum Gasteiger partial charge on any atom is -0.495 e. The molecule has 0 bridgehead atoms. The highest BCUT2D eigenvalue weighted by atomic mass is 79.9. The molecule has 0 saturated carbocycles. The molecule has 0 heterocycles. The van der Waals surface area contributed by atoms with E-state index in [1.807, 2.05) is 6.07 Å². The lowest BCUT2D eigenvalue weighted by molar-refractivity contribution is -0.120. The van der Waals surface area contributed by atoms with Crippen LogP contribution in [0.3, 0.4) is 0 Å². The predicted octanol–water partition coefficient (Wildman–Crippen LogP) is 3.24. The lowest BCUT2D eigenvalue weighted by atomic mass is 10.2. The number of carbonyl (C=O) groups excluding carboxylic acids is 2. The maximum absolute atomic E-state index is 13.1. The smallest absolute Gasteiger partial charge is 0.259 e. The molecule has 0 atom stereocenters. The summed E-state index contributed by atoms with van der Waals surface area (Å²) in [5.41, 5.74) is 3.06. The van der Waals surface area contributed by atoms with Crippen molar-refractivity contribution in [2.24, 2.45) is 5.10 Å². The summed E-state index contributed by atoms with van der Waals surface area (Å²) in [5, 5.41) is 6.22.